The predicted octanol–water partition coefficient (Wildman–Crippen LogP) is 2.88. The van der Waals surface area contributed by atoms with Gasteiger partial charge in [0.1, 0.15) is 5.75 Å². The summed E-state index contributed by atoms with van der Waals surface area (Å²) in [6.45, 7) is -0.133. The predicted molar refractivity (Wildman–Crippen MR) is 91.8 cm³/mol. The van der Waals surface area contributed by atoms with E-state index in [9.17, 15) is 8.42 Å². The number of hydrogen-bond acceptors (Lipinski definition) is 6. The van der Waals surface area contributed by atoms with Crippen LogP contribution in [0.5, 0.6) is 5.75 Å². The van der Waals surface area contributed by atoms with Gasteiger partial charge in [-0.05, 0) is 30.3 Å². The molecule has 3 aromatic rings. The first-order valence-electron chi connectivity index (χ1n) is 7.20. The van der Waals surface area contributed by atoms with Crippen LogP contribution in [0.4, 0.5) is 0 Å². The van der Waals surface area contributed by atoms with E-state index in [0.717, 1.165) is 5.56 Å². The lowest BCUT2D eigenvalue weighted by atomic mass is 10.2. The van der Waals surface area contributed by atoms with Gasteiger partial charge in [0.2, 0.25) is 21.8 Å². The summed E-state index contributed by atoms with van der Waals surface area (Å²) in [6, 6.07) is 13.4. The van der Waals surface area contributed by atoms with Gasteiger partial charge in [0.15, 0.2) is 0 Å². The van der Waals surface area contributed by atoms with Gasteiger partial charge in [-0.15, -0.1) is 10.2 Å². The molecule has 1 heterocycles. The Labute approximate surface area is 149 Å². The van der Waals surface area contributed by atoms with Crippen LogP contribution in [0.15, 0.2) is 57.8 Å². The fourth-order valence-electron chi connectivity index (χ4n) is 2.08. The Morgan fingerprint density at radius 1 is 1.16 bits per heavy atom. The molecule has 130 valence electrons. The highest BCUT2D eigenvalue weighted by Crippen LogP contribution is 2.27. The second-order valence-electron chi connectivity index (χ2n) is 4.99. The summed E-state index contributed by atoms with van der Waals surface area (Å²) in [7, 11) is -2.33. The summed E-state index contributed by atoms with van der Waals surface area (Å²) in [5.74, 6) is 0.870. The second kappa shape index (κ2) is 7.22. The number of ether oxygens (including phenoxy) is 1. The van der Waals surface area contributed by atoms with Gasteiger partial charge in [0, 0.05) is 5.56 Å². The number of benzene rings is 2. The molecule has 3 rings (SSSR count). The standard InChI is InChI=1S/C16H14ClN3O4S/c1-23-14-8-7-12(9-13(14)17)25(21,22)18-10-15-19-20-16(24-15)11-5-3-2-4-6-11/h2-9,18H,10H2,1H3. The molecule has 0 bridgehead atoms. The third kappa shape index (κ3) is 3.98. The maximum Gasteiger partial charge on any atom is 0.247 e. The summed E-state index contributed by atoms with van der Waals surface area (Å²) < 4.78 is 37.5. The van der Waals surface area contributed by atoms with E-state index in [1.54, 1.807) is 0 Å². The Morgan fingerprint density at radius 2 is 1.92 bits per heavy atom. The van der Waals surface area contributed by atoms with Gasteiger partial charge in [0.05, 0.1) is 23.6 Å². The van der Waals surface area contributed by atoms with Crippen molar-refractivity contribution in [3.8, 4) is 17.2 Å². The number of hydrogen-bond donors (Lipinski definition) is 1. The van der Waals surface area contributed by atoms with Crippen LogP contribution in [0.25, 0.3) is 11.5 Å². The van der Waals surface area contributed by atoms with Gasteiger partial charge in [-0.3, -0.25) is 0 Å². The molecule has 0 radical (unpaired) electrons. The van der Waals surface area contributed by atoms with Crippen molar-refractivity contribution in [2.75, 3.05) is 7.11 Å². The van der Waals surface area contributed by atoms with Crippen molar-refractivity contribution < 1.29 is 17.6 Å². The number of methoxy groups -OCH3 is 1. The first-order chi connectivity index (χ1) is 12.0. The van der Waals surface area contributed by atoms with E-state index < -0.39 is 10.0 Å². The zero-order valence-corrected chi connectivity index (χ0v) is 14.7. The minimum Gasteiger partial charge on any atom is -0.495 e. The second-order valence-corrected chi connectivity index (χ2v) is 7.16. The van der Waals surface area contributed by atoms with Crippen molar-refractivity contribution in [1.82, 2.24) is 14.9 Å². The van der Waals surface area contributed by atoms with Gasteiger partial charge in [-0.2, -0.15) is 0 Å². The van der Waals surface area contributed by atoms with Crippen molar-refractivity contribution >= 4 is 21.6 Å². The summed E-state index contributed by atoms with van der Waals surface area (Å²) >= 11 is 5.97. The van der Waals surface area contributed by atoms with Crippen molar-refractivity contribution in [1.29, 1.82) is 0 Å². The molecular formula is C16H14ClN3O4S. The highest BCUT2D eigenvalue weighted by molar-refractivity contribution is 7.89. The van der Waals surface area contributed by atoms with E-state index >= 15 is 0 Å². The number of halogens is 1. The van der Waals surface area contributed by atoms with Gasteiger partial charge in [0.25, 0.3) is 0 Å². The molecule has 0 saturated heterocycles. The molecule has 0 aliphatic heterocycles. The smallest absolute Gasteiger partial charge is 0.247 e. The average molecular weight is 380 g/mol. The first kappa shape index (κ1) is 17.4. The number of nitrogens with one attached hydrogen (secondary N) is 1. The van der Waals surface area contributed by atoms with Gasteiger partial charge in [-0.1, -0.05) is 29.8 Å². The third-order valence-corrected chi connectivity index (χ3v) is 5.03. The fraction of sp³-hybridized carbons (Fsp3) is 0.125. The van der Waals surface area contributed by atoms with E-state index in [4.69, 9.17) is 20.8 Å². The normalized spacial score (nSPS) is 11.4. The molecule has 0 aliphatic carbocycles. The minimum absolute atomic E-state index is 0.0149. The highest BCUT2D eigenvalue weighted by atomic mass is 35.5. The molecule has 0 fully saturated rings. The zero-order chi connectivity index (χ0) is 17.9. The largest absolute Gasteiger partial charge is 0.495 e. The Bertz CT molecular complexity index is 974. The maximum atomic E-state index is 12.3. The number of nitrogens with zero attached hydrogens (tertiary/aromatic N) is 2. The third-order valence-electron chi connectivity index (χ3n) is 3.33. The topological polar surface area (TPSA) is 94.3 Å². The van der Waals surface area contributed by atoms with Crippen LogP contribution >= 0.6 is 11.6 Å². The van der Waals surface area contributed by atoms with E-state index in [1.165, 1.54) is 25.3 Å². The lowest BCUT2D eigenvalue weighted by Gasteiger charge is -2.07. The van der Waals surface area contributed by atoms with E-state index in [2.05, 4.69) is 14.9 Å². The van der Waals surface area contributed by atoms with Gasteiger partial charge in [-0.25, -0.2) is 13.1 Å². The Morgan fingerprint density at radius 3 is 2.60 bits per heavy atom. The first-order valence-corrected chi connectivity index (χ1v) is 9.07. The monoisotopic (exact) mass is 379 g/mol. The lowest BCUT2D eigenvalue weighted by molar-refractivity contribution is 0.414. The fourth-order valence-corrected chi connectivity index (χ4v) is 3.40. The molecule has 1 aromatic heterocycles. The molecule has 9 heteroatoms. The molecule has 0 aliphatic rings. The SMILES string of the molecule is COc1ccc(S(=O)(=O)NCc2nnc(-c3ccccc3)o2)cc1Cl. The maximum absolute atomic E-state index is 12.3. The molecular weight excluding hydrogens is 366 g/mol. The molecule has 7 nitrogen and oxygen atoms in total. The lowest BCUT2D eigenvalue weighted by Crippen LogP contribution is -2.23. The van der Waals surface area contributed by atoms with Crippen LogP contribution in [0, 0.1) is 0 Å². The van der Waals surface area contributed by atoms with E-state index in [1.807, 2.05) is 30.3 Å². The van der Waals surface area contributed by atoms with Crippen molar-refractivity contribution in [2.24, 2.45) is 0 Å². The van der Waals surface area contributed by atoms with Crippen molar-refractivity contribution in [3.63, 3.8) is 0 Å². The minimum atomic E-state index is -3.78. The average Bonchev–Trinajstić information content (AvgIpc) is 3.10. The van der Waals surface area contributed by atoms with Gasteiger partial charge >= 0.3 is 0 Å². The summed E-state index contributed by atoms with van der Waals surface area (Å²) in [4.78, 5) is 0.0149. The Balaban J connectivity index is 1.72. The summed E-state index contributed by atoms with van der Waals surface area (Å²) in [5.41, 5.74) is 0.756. The molecule has 0 unspecified atom stereocenters. The molecule has 1 N–H and O–H groups in total. The van der Waals surface area contributed by atoms with E-state index in [0.29, 0.717) is 11.6 Å². The molecule has 25 heavy (non-hydrogen) atoms. The summed E-state index contributed by atoms with van der Waals surface area (Å²) in [5, 5.41) is 7.96. The van der Waals surface area contributed by atoms with E-state index in [-0.39, 0.29) is 22.4 Å². The molecule has 2 aromatic carbocycles. The van der Waals surface area contributed by atoms with Crippen molar-refractivity contribution in [3.05, 3.63) is 59.4 Å². The summed E-state index contributed by atoms with van der Waals surface area (Å²) in [6.07, 6.45) is 0. The zero-order valence-electron chi connectivity index (χ0n) is 13.1. The van der Waals surface area contributed by atoms with Gasteiger partial charge < -0.3 is 9.15 Å². The van der Waals surface area contributed by atoms with Crippen LogP contribution in [0.2, 0.25) is 5.02 Å². The Hall–Kier alpha value is -2.42. The molecule has 0 spiro atoms. The van der Waals surface area contributed by atoms with Crippen LogP contribution in [-0.2, 0) is 16.6 Å². The Kier molecular flexibility index (Phi) is 5.03. The molecule has 0 saturated carbocycles. The van der Waals surface area contributed by atoms with Crippen molar-refractivity contribution in [2.45, 2.75) is 11.4 Å². The molecule has 0 atom stereocenters. The van der Waals surface area contributed by atoms with Crippen LogP contribution in [0.1, 0.15) is 5.89 Å². The van der Waals surface area contributed by atoms with Crippen LogP contribution < -0.4 is 9.46 Å². The highest BCUT2D eigenvalue weighted by Gasteiger charge is 2.17. The van der Waals surface area contributed by atoms with Crippen LogP contribution in [0.3, 0.4) is 0 Å². The molecule has 0 amide bonds. The number of sulfonamides is 1. The number of aromatic nitrogens is 2. The van der Waals surface area contributed by atoms with Crippen LogP contribution in [-0.4, -0.2) is 25.7 Å². The number of rotatable bonds is 6. The quantitative estimate of drug-likeness (QED) is 0.707.